The van der Waals surface area contributed by atoms with Crippen LogP contribution >= 0.6 is 0 Å². The summed E-state index contributed by atoms with van der Waals surface area (Å²) in [4.78, 5) is 12.7. The average Bonchev–Trinajstić information content (AvgIpc) is 3.09. The maximum atomic E-state index is 12.7. The fraction of sp³-hybridized carbons (Fsp3) is 0.167. The summed E-state index contributed by atoms with van der Waals surface area (Å²) in [5.41, 5.74) is 3.08. The minimum absolute atomic E-state index is 0.00347. The van der Waals surface area contributed by atoms with Gasteiger partial charge >= 0.3 is 0 Å². The van der Waals surface area contributed by atoms with Gasteiger partial charge in [0.2, 0.25) is 5.91 Å². The number of benzene rings is 2. The maximum Gasteiger partial charge on any atom is 0.232 e. The summed E-state index contributed by atoms with van der Waals surface area (Å²) in [5.74, 6) is 0.553. The van der Waals surface area contributed by atoms with E-state index in [4.69, 9.17) is 0 Å². The Morgan fingerprint density at radius 2 is 1.86 bits per heavy atom. The molecule has 0 aliphatic carbocycles. The minimum atomic E-state index is -1.01. The van der Waals surface area contributed by atoms with Crippen molar-refractivity contribution in [1.29, 1.82) is 0 Å². The summed E-state index contributed by atoms with van der Waals surface area (Å²) in [6.45, 7) is 0. The number of fused-ring (bicyclic) bond motifs is 2. The van der Waals surface area contributed by atoms with Crippen molar-refractivity contribution >= 4 is 27.6 Å². The predicted octanol–water partition coefficient (Wildman–Crippen LogP) is 3.68. The number of hydrogen-bond donors (Lipinski definition) is 0. The van der Waals surface area contributed by atoms with Gasteiger partial charge in [-0.3, -0.25) is 13.6 Å². The highest BCUT2D eigenvalue weighted by Gasteiger charge is 2.31. The third kappa shape index (κ3) is 2.11. The van der Waals surface area contributed by atoms with Gasteiger partial charge in [-0.25, -0.2) is 0 Å². The van der Waals surface area contributed by atoms with E-state index in [1.54, 1.807) is 10.8 Å². The minimum Gasteiger partial charge on any atom is -0.287 e. The van der Waals surface area contributed by atoms with Crippen molar-refractivity contribution in [2.45, 2.75) is 17.4 Å². The first-order valence-electron chi connectivity index (χ1n) is 7.28. The molecular formula is C18H15NO2S. The first-order valence-corrected chi connectivity index (χ1v) is 8.66. The fourth-order valence-corrected chi connectivity index (χ4v) is 4.75. The zero-order valence-corrected chi connectivity index (χ0v) is 12.8. The number of para-hydroxylation sites is 1. The van der Waals surface area contributed by atoms with Crippen molar-refractivity contribution in [3.63, 3.8) is 0 Å². The third-order valence-electron chi connectivity index (χ3n) is 4.25. The van der Waals surface area contributed by atoms with Crippen LogP contribution in [0.5, 0.6) is 0 Å². The third-order valence-corrected chi connectivity index (χ3v) is 5.90. The van der Waals surface area contributed by atoms with Gasteiger partial charge in [-0.2, -0.15) is 0 Å². The molecule has 2 atom stereocenters. The Bertz CT molecular complexity index is 897. The predicted molar refractivity (Wildman–Crippen MR) is 88.2 cm³/mol. The second kappa shape index (κ2) is 5.21. The van der Waals surface area contributed by atoms with Gasteiger partial charge in [0.15, 0.2) is 0 Å². The van der Waals surface area contributed by atoms with Crippen molar-refractivity contribution in [2.24, 2.45) is 0 Å². The van der Waals surface area contributed by atoms with Crippen molar-refractivity contribution < 1.29 is 9.00 Å². The Kier molecular flexibility index (Phi) is 3.19. The van der Waals surface area contributed by atoms with E-state index in [1.165, 1.54) is 0 Å². The molecule has 3 nitrogen and oxygen atoms in total. The van der Waals surface area contributed by atoms with Crippen LogP contribution < -0.4 is 0 Å². The van der Waals surface area contributed by atoms with Crippen LogP contribution in [-0.4, -0.2) is 14.7 Å². The normalized spacial score (nSPS) is 20.2. The number of rotatable bonds is 2. The van der Waals surface area contributed by atoms with E-state index in [-0.39, 0.29) is 17.6 Å². The number of aromatic nitrogens is 1. The van der Waals surface area contributed by atoms with Crippen LogP contribution in [0.15, 0.2) is 60.8 Å². The molecule has 0 N–H and O–H groups in total. The van der Waals surface area contributed by atoms with E-state index in [0.717, 1.165) is 22.0 Å². The van der Waals surface area contributed by atoms with Gasteiger partial charge in [0, 0.05) is 34.6 Å². The number of carbonyl (C=O) groups excluding carboxylic acids is 1. The van der Waals surface area contributed by atoms with E-state index in [0.29, 0.717) is 5.75 Å². The van der Waals surface area contributed by atoms with Crippen molar-refractivity contribution in [3.8, 4) is 0 Å². The Hall–Kier alpha value is -2.20. The topological polar surface area (TPSA) is 39.1 Å². The SMILES string of the molecule is O=C(C[C@@H]1c2ccccc2C[S@@]1=O)n1ccc2ccccc21. The first-order chi connectivity index (χ1) is 10.7. The molecule has 0 radical (unpaired) electrons. The molecule has 22 heavy (non-hydrogen) atoms. The highest BCUT2D eigenvalue weighted by molar-refractivity contribution is 7.84. The van der Waals surface area contributed by atoms with Crippen LogP contribution in [0, 0.1) is 0 Å². The molecule has 1 aromatic heterocycles. The van der Waals surface area contributed by atoms with Gasteiger partial charge < -0.3 is 0 Å². The summed E-state index contributed by atoms with van der Waals surface area (Å²) in [6.07, 6.45) is 2.08. The first kappa shape index (κ1) is 13.5. The molecule has 0 fully saturated rings. The average molecular weight is 309 g/mol. The summed E-state index contributed by atoms with van der Waals surface area (Å²) >= 11 is 0. The lowest BCUT2D eigenvalue weighted by Crippen LogP contribution is -2.14. The van der Waals surface area contributed by atoms with Crippen LogP contribution in [0.1, 0.15) is 27.6 Å². The Balaban J connectivity index is 1.67. The second-order valence-electron chi connectivity index (χ2n) is 5.55. The fourth-order valence-electron chi connectivity index (χ4n) is 3.14. The molecule has 4 rings (SSSR count). The lowest BCUT2D eigenvalue weighted by Gasteiger charge is -2.11. The van der Waals surface area contributed by atoms with Crippen LogP contribution in [0.3, 0.4) is 0 Å². The van der Waals surface area contributed by atoms with E-state index in [9.17, 15) is 9.00 Å². The maximum absolute atomic E-state index is 12.7. The summed E-state index contributed by atoms with van der Waals surface area (Å²) in [5, 5.41) is 0.855. The zero-order valence-electron chi connectivity index (χ0n) is 11.9. The molecule has 2 heterocycles. The monoisotopic (exact) mass is 309 g/mol. The molecule has 0 saturated carbocycles. The zero-order chi connectivity index (χ0) is 15.1. The molecule has 3 aromatic rings. The lowest BCUT2D eigenvalue weighted by atomic mass is 10.0. The molecule has 1 aliphatic heterocycles. The molecule has 0 unspecified atom stereocenters. The lowest BCUT2D eigenvalue weighted by molar-refractivity contribution is 0.0907. The van der Waals surface area contributed by atoms with Gasteiger partial charge in [0.05, 0.1) is 10.8 Å². The van der Waals surface area contributed by atoms with Crippen LogP contribution in [0.4, 0.5) is 0 Å². The van der Waals surface area contributed by atoms with Crippen LogP contribution in [0.25, 0.3) is 10.9 Å². The van der Waals surface area contributed by atoms with Crippen molar-refractivity contribution in [1.82, 2.24) is 4.57 Å². The van der Waals surface area contributed by atoms with Crippen molar-refractivity contribution in [3.05, 3.63) is 71.9 Å². The van der Waals surface area contributed by atoms with Gasteiger partial charge in [0.25, 0.3) is 0 Å². The van der Waals surface area contributed by atoms with Crippen molar-refractivity contribution in [2.75, 3.05) is 0 Å². The summed E-state index contributed by atoms with van der Waals surface area (Å²) in [6, 6.07) is 17.6. The number of carbonyl (C=O) groups is 1. The van der Waals surface area contributed by atoms with Crippen LogP contribution in [-0.2, 0) is 16.6 Å². The van der Waals surface area contributed by atoms with Gasteiger partial charge in [0.1, 0.15) is 0 Å². The van der Waals surface area contributed by atoms with E-state index in [2.05, 4.69) is 0 Å². The van der Waals surface area contributed by atoms with E-state index < -0.39 is 10.8 Å². The Labute approximate surface area is 131 Å². The Morgan fingerprint density at radius 3 is 2.77 bits per heavy atom. The summed E-state index contributed by atoms with van der Waals surface area (Å²) in [7, 11) is -1.01. The standard InChI is InChI=1S/C18H15NO2S/c20-18(19-10-9-13-5-2-4-8-16(13)19)11-17-15-7-3-1-6-14(15)12-22(17)21/h1-10,17H,11-12H2/t17-,22+/m1/s1. The largest absolute Gasteiger partial charge is 0.287 e. The molecule has 2 aromatic carbocycles. The molecular weight excluding hydrogens is 294 g/mol. The van der Waals surface area contributed by atoms with Crippen LogP contribution in [0.2, 0.25) is 0 Å². The molecule has 0 spiro atoms. The van der Waals surface area contributed by atoms with Gasteiger partial charge in [-0.1, -0.05) is 42.5 Å². The molecule has 0 saturated heterocycles. The van der Waals surface area contributed by atoms with Gasteiger partial charge in [-0.15, -0.1) is 0 Å². The van der Waals surface area contributed by atoms with E-state index in [1.807, 2.05) is 54.6 Å². The molecule has 0 amide bonds. The molecule has 110 valence electrons. The Morgan fingerprint density at radius 1 is 1.09 bits per heavy atom. The molecule has 0 bridgehead atoms. The smallest absolute Gasteiger partial charge is 0.232 e. The highest BCUT2D eigenvalue weighted by atomic mass is 32.2. The highest BCUT2D eigenvalue weighted by Crippen LogP contribution is 2.36. The second-order valence-corrected chi connectivity index (χ2v) is 7.17. The van der Waals surface area contributed by atoms with Gasteiger partial charge in [-0.05, 0) is 23.3 Å². The quantitative estimate of drug-likeness (QED) is 0.724. The summed E-state index contributed by atoms with van der Waals surface area (Å²) < 4.78 is 14.0. The number of hydrogen-bond acceptors (Lipinski definition) is 2. The molecule has 4 heteroatoms. The van der Waals surface area contributed by atoms with E-state index >= 15 is 0 Å². The molecule has 1 aliphatic rings. The number of nitrogens with zero attached hydrogens (tertiary/aromatic N) is 1.